The summed E-state index contributed by atoms with van der Waals surface area (Å²) in [5.41, 5.74) is 2.02. The van der Waals surface area contributed by atoms with Gasteiger partial charge in [0.05, 0.1) is 28.8 Å². The van der Waals surface area contributed by atoms with Gasteiger partial charge in [-0.2, -0.15) is 4.31 Å². The van der Waals surface area contributed by atoms with E-state index in [1.807, 2.05) is 38.1 Å². The predicted molar refractivity (Wildman–Crippen MR) is 167 cm³/mol. The number of methoxy groups -OCH3 is 1. The number of anilines is 1. The van der Waals surface area contributed by atoms with Crippen molar-refractivity contribution in [2.75, 3.05) is 25.5 Å². The molecule has 0 aliphatic carbocycles. The minimum absolute atomic E-state index is 0.122. The molecular formula is C33H35N3O6S. The molecule has 0 saturated heterocycles. The highest BCUT2D eigenvalue weighted by Crippen LogP contribution is 2.26. The van der Waals surface area contributed by atoms with Gasteiger partial charge in [-0.25, -0.2) is 13.2 Å². The molecule has 0 spiro atoms. The smallest absolute Gasteiger partial charge is 0.337 e. The third kappa shape index (κ3) is 7.46. The summed E-state index contributed by atoms with van der Waals surface area (Å²) in [7, 11) is -2.37. The van der Waals surface area contributed by atoms with E-state index >= 15 is 0 Å². The maximum Gasteiger partial charge on any atom is 0.337 e. The summed E-state index contributed by atoms with van der Waals surface area (Å²) in [5.74, 6) is -1.32. The van der Waals surface area contributed by atoms with Crippen LogP contribution in [0.3, 0.4) is 0 Å². The number of carbonyl (C=O) groups excluding carboxylic acids is 3. The number of hydrogen-bond donors (Lipinski definition) is 2. The monoisotopic (exact) mass is 601 g/mol. The van der Waals surface area contributed by atoms with Crippen LogP contribution in [0.1, 0.15) is 63.3 Å². The van der Waals surface area contributed by atoms with E-state index in [1.54, 1.807) is 36.4 Å². The number of carbonyl (C=O) groups is 3. The van der Waals surface area contributed by atoms with Crippen molar-refractivity contribution < 1.29 is 27.5 Å². The van der Waals surface area contributed by atoms with E-state index in [0.29, 0.717) is 37.2 Å². The maximum atomic E-state index is 13.3. The van der Waals surface area contributed by atoms with Crippen molar-refractivity contribution in [3.8, 4) is 0 Å². The van der Waals surface area contributed by atoms with Crippen LogP contribution in [0, 0.1) is 0 Å². The highest BCUT2D eigenvalue weighted by Gasteiger charge is 2.23. The van der Waals surface area contributed by atoms with Crippen molar-refractivity contribution in [2.45, 2.75) is 38.1 Å². The van der Waals surface area contributed by atoms with Gasteiger partial charge in [-0.1, -0.05) is 50.2 Å². The molecule has 0 fully saturated rings. The molecule has 0 atom stereocenters. The van der Waals surface area contributed by atoms with Gasteiger partial charge in [-0.3, -0.25) is 9.59 Å². The van der Waals surface area contributed by atoms with E-state index in [0.717, 1.165) is 16.3 Å². The molecule has 0 aliphatic heterocycles. The van der Waals surface area contributed by atoms with Crippen LogP contribution < -0.4 is 10.6 Å². The summed E-state index contributed by atoms with van der Waals surface area (Å²) >= 11 is 0. The van der Waals surface area contributed by atoms with Gasteiger partial charge in [0.15, 0.2) is 0 Å². The van der Waals surface area contributed by atoms with Crippen LogP contribution in [0.4, 0.5) is 5.69 Å². The summed E-state index contributed by atoms with van der Waals surface area (Å²) in [6, 6.07) is 23.4. The fourth-order valence-corrected chi connectivity index (χ4v) is 6.28. The minimum Gasteiger partial charge on any atom is -0.465 e. The number of benzene rings is 4. The SMILES string of the molecule is CCCN(CCC)S(=O)(=O)c1ccc(C(=O)Nc2cc3ccccc3cc2C(=O)NCc2ccc(C(=O)OC)cc2)cc1. The van der Waals surface area contributed by atoms with Crippen LogP contribution in [-0.2, 0) is 21.3 Å². The second-order valence-corrected chi connectivity index (χ2v) is 11.9. The van der Waals surface area contributed by atoms with Crippen LogP contribution in [0.5, 0.6) is 0 Å². The number of fused-ring (bicyclic) bond motifs is 1. The molecule has 224 valence electrons. The standard InChI is InChI=1S/C33H35N3O6S/c1-4-18-36(19-5-2)43(40,41)28-16-14-24(15-17-28)31(37)35-30-21-27-9-7-6-8-26(27)20-29(30)32(38)34-22-23-10-12-25(13-11-23)33(39)42-3/h6-17,20-21H,4-5,18-19,22H2,1-3H3,(H,34,38)(H,35,37). The summed E-state index contributed by atoms with van der Waals surface area (Å²) < 4.78 is 32.4. The molecule has 4 aromatic carbocycles. The fraction of sp³-hybridized carbons (Fsp3) is 0.242. The second kappa shape index (κ2) is 14.1. The number of hydrogen-bond acceptors (Lipinski definition) is 6. The van der Waals surface area contributed by atoms with Crippen molar-refractivity contribution >= 4 is 44.3 Å². The molecule has 0 unspecified atom stereocenters. The van der Waals surface area contributed by atoms with Gasteiger partial charge in [0.25, 0.3) is 11.8 Å². The van der Waals surface area contributed by atoms with E-state index in [2.05, 4.69) is 10.6 Å². The number of sulfonamides is 1. The highest BCUT2D eigenvalue weighted by atomic mass is 32.2. The third-order valence-corrected chi connectivity index (χ3v) is 8.82. The number of esters is 1. The average Bonchev–Trinajstić information content (AvgIpc) is 3.03. The van der Waals surface area contributed by atoms with Crippen LogP contribution in [0.2, 0.25) is 0 Å². The molecular weight excluding hydrogens is 566 g/mol. The van der Waals surface area contributed by atoms with E-state index in [-0.39, 0.29) is 22.6 Å². The zero-order chi connectivity index (χ0) is 31.0. The Morgan fingerprint density at radius 1 is 0.767 bits per heavy atom. The lowest BCUT2D eigenvalue weighted by molar-refractivity contribution is 0.0600. The number of ether oxygens (including phenoxy) is 1. The highest BCUT2D eigenvalue weighted by molar-refractivity contribution is 7.89. The molecule has 2 N–H and O–H groups in total. The van der Waals surface area contributed by atoms with E-state index < -0.39 is 27.8 Å². The van der Waals surface area contributed by atoms with E-state index in [1.165, 1.54) is 35.7 Å². The maximum absolute atomic E-state index is 13.3. The Morgan fingerprint density at radius 3 is 1.93 bits per heavy atom. The van der Waals surface area contributed by atoms with Gasteiger partial charge in [-0.05, 0) is 77.7 Å². The molecule has 0 aliphatic rings. The summed E-state index contributed by atoms with van der Waals surface area (Å²) in [4.78, 5) is 38.4. The summed E-state index contributed by atoms with van der Waals surface area (Å²) in [5, 5.41) is 7.37. The molecule has 43 heavy (non-hydrogen) atoms. The van der Waals surface area contributed by atoms with Crippen molar-refractivity contribution in [1.29, 1.82) is 0 Å². The first kappa shape index (κ1) is 31.4. The normalized spacial score (nSPS) is 11.3. The summed E-state index contributed by atoms with van der Waals surface area (Å²) in [6.07, 6.45) is 1.39. The van der Waals surface area contributed by atoms with Crippen molar-refractivity contribution in [3.63, 3.8) is 0 Å². The van der Waals surface area contributed by atoms with Gasteiger partial charge in [0.2, 0.25) is 10.0 Å². The fourth-order valence-electron chi connectivity index (χ4n) is 4.66. The van der Waals surface area contributed by atoms with Gasteiger partial charge < -0.3 is 15.4 Å². The number of rotatable bonds is 12. The van der Waals surface area contributed by atoms with Crippen LogP contribution >= 0.6 is 0 Å². The average molecular weight is 602 g/mol. The third-order valence-electron chi connectivity index (χ3n) is 6.91. The van der Waals surface area contributed by atoms with Crippen LogP contribution in [0.25, 0.3) is 10.8 Å². The molecule has 0 radical (unpaired) electrons. The number of nitrogens with zero attached hydrogens (tertiary/aromatic N) is 1. The molecule has 10 heteroatoms. The van der Waals surface area contributed by atoms with Gasteiger partial charge >= 0.3 is 5.97 Å². The predicted octanol–water partition coefficient (Wildman–Crippen LogP) is 5.62. The Morgan fingerprint density at radius 2 is 1.35 bits per heavy atom. The zero-order valence-electron chi connectivity index (χ0n) is 24.4. The first-order chi connectivity index (χ1) is 20.7. The number of amides is 2. The minimum atomic E-state index is -3.68. The Hall–Kier alpha value is -4.54. The molecule has 0 heterocycles. The van der Waals surface area contributed by atoms with Crippen LogP contribution in [-0.4, -0.2) is 50.7 Å². The van der Waals surface area contributed by atoms with Gasteiger partial charge in [0.1, 0.15) is 0 Å². The van der Waals surface area contributed by atoms with Crippen molar-refractivity contribution in [2.24, 2.45) is 0 Å². The first-order valence-electron chi connectivity index (χ1n) is 14.1. The Labute approximate surface area is 251 Å². The topological polar surface area (TPSA) is 122 Å². The van der Waals surface area contributed by atoms with Crippen molar-refractivity contribution in [3.05, 3.63) is 107 Å². The van der Waals surface area contributed by atoms with Crippen molar-refractivity contribution in [1.82, 2.24) is 9.62 Å². The molecule has 4 aromatic rings. The van der Waals surface area contributed by atoms with E-state index in [4.69, 9.17) is 4.74 Å². The molecule has 2 amide bonds. The second-order valence-electron chi connectivity index (χ2n) is 10.00. The molecule has 0 bridgehead atoms. The first-order valence-corrected chi connectivity index (χ1v) is 15.5. The quantitative estimate of drug-likeness (QED) is 0.203. The molecule has 9 nitrogen and oxygen atoms in total. The zero-order valence-corrected chi connectivity index (χ0v) is 25.2. The lowest BCUT2D eigenvalue weighted by Gasteiger charge is -2.21. The Kier molecular flexibility index (Phi) is 10.3. The van der Waals surface area contributed by atoms with Gasteiger partial charge in [0, 0.05) is 25.2 Å². The molecule has 4 rings (SSSR count). The summed E-state index contributed by atoms with van der Waals surface area (Å²) in [6.45, 7) is 4.89. The Bertz CT molecular complexity index is 1710. The van der Waals surface area contributed by atoms with Crippen LogP contribution in [0.15, 0.2) is 89.8 Å². The lowest BCUT2D eigenvalue weighted by Crippen LogP contribution is -2.32. The van der Waals surface area contributed by atoms with Gasteiger partial charge in [-0.15, -0.1) is 0 Å². The Balaban J connectivity index is 1.55. The molecule has 0 saturated carbocycles. The lowest BCUT2D eigenvalue weighted by atomic mass is 10.0. The van der Waals surface area contributed by atoms with E-state index in [9.17, 15) is 22.8 Å². The number of nitrogens with one attached hydrogen (secondary N) is 2. The largest absolute Gasteiger partial charge is 0.465 e. The molecule has 0 aromatic heterocycles.